The number of thioether (sulfide) groups is 1. The summed E-state index contributed by atoms with van der Waals surface area (Å²) in [4.78, 5) is 14.3. The Morgan fingerprint density at radius 1 is 1.61 bits per heavy atom. The first-order chi connectivity index (χ1) is 8.56. The molecule has 0 aliphatic heterocycles. The number of nitro groups is 1. The topological polar surface area (TPSA) is 68.1 Å². The summed E-state index contributed by atoms with van der Waals surface area (Å²) in [6.07, 6.45) is 3.79. The van der Waals surface area contributed by atoms with Gasteiger partial charge in [-0.05, 0) is 40.8 Å². The maximum Gasteiger partial charge on any atom is 0.311 e. The van der Waals surface area contributed by atoms with Crippen molar-refractivity contribution in [2.45, 2.75) is 26.3 Å². The Labute approximate surface area is 119 Å². The Morgan fingerprint density at radius 2 is 2.33 bits per heavy atom. The molecule has 1 heterocycles. The lowest BCUT2D eigenvalue weighted by atomic mass is 10.2. The van der Waals surface area contributed by atoms with Crippen LogP contribution in [0, 0.1) is 10.1 Å². The molecule has 5 nitrogen and oxygen atoms in total. The molecule has 18 heavy (non-hydrogen) atoms. The molecule has 1 atom stereocenters. The van der Waals surface area contributed by atoms with E-state index in [1.165, 1.54) is 6.20 Å². The van der Waals surface area contributed by atoms with E-state index < -0.39 is 4.92 Å². The first-order valence-electron chi connectivity index (χ1n) is 5.68. The van der Waals surface area contributed by atoms with E-state index in [1.807, 2.05) is 18.7 Å². The number of hydrogen-bond donors (Lipinski definition) is 1. The summed E-state index contributed by atoms with van der Waals surface area (Å²) in [5, 5.41) is 14.1. The molecule has 0 amide bonds. The number of nitrogens with one attached hydrogen (secondary N) is 1. The van der Waals surface area contributed by atoms with Crippen LogP contribution in [0.3, 0.4) is 0 Å². The third kappa shape index (κ3) is 4.45. The van der Waals surface area contributed by atoms with Crippen molar-refractivity contribution in [2.75, 3.05) is 16.8 Å². The number of nitrogens with zero attached hydrogens (tertiary/aromatic N) is 2. The number of rotatable bonds is 7. The Hall–Kier alpha value is -0.820. The molecule has 1 rings (SSSR count). The molecular weight excluding hydrogens is 318 g/mol. The maximum absolute atomic E-state index is 10.9. The summed E-state index contributed by atoms with van der Waals surface area (Å²) in [7, 11) is 0. The maximum atomic E-state index is 10.9. The minimum atomic E-state index is -0.423. The highest BCUT2D eigenvalue weighted by atomic mass is 79.9. The summed E-state index contributed by atoms with van der Waals surface area (Å²) < 4.78 is 0.617. The van der Waals surface area contributed by atoms with Crippen LogP contribution in [0.25, 0.3) is 0 Å². The molecule has 7 heteroatoms. The molecule has 1 aromatic heterocycles. The second kappa shape index (κ2) is 7.58. The van der Waals surface area contributed by atoms with Gasteiger partial charge in [0.2, 0.25) is 0 Å². The highest BCUT2D eigenvalue weighted by Crippen LogP contribution is 2.31. The lowest BCUT2D eigenvalue weighted by molar-refractivity contribution is -0.384. The van der Waals surface area contributed by atoms with Crippen LogP contribution in [0.15, 0.2) is 16.9 Å². The van der Waals surface area contributed by atoms with Gasteiger partial charge in [-0.2, -0.15) is 11.8 Å². The average Bonchev–Trinajstić information content (AvgIpc) is 2.31. The molecule has 0 fully saturated rings. The van der Waals surface area contributed by atoms with E-state index in [4.69, 9.17) is 0 Å². The zero-order valence-corrected chi connectivity index (χ0v) is 12.8. The van der Waals surface area contributed by atoms with Gasteiger partial charge in [0, 0.05) is 12.2 Å². The molecule has 0 radical (unpaired) electrons. The fourth-order valence-electron chi connectivity index (χ4n) is 1.43. The Bertz CT molecular complexity index is 417. The highest BCUT2D eigenvalue weighted by molar-refractivity contribution is 9.10. The van der Waals surface area contributed by atoms with Crippen LogP contribution in [0.4, 0.5) is 11.4 Å². The standard InChI is InChI=1S/C11H16BrN3O2S/c1-3-18-5-4-8(2)14-11-9(12)6-13-7-10(11)15(16)17/h6-8H,3-5H2,1-2H3,(H,13,14). The van der Waals surface area contributed by atoms with Crippen molar-refractivity contribution in [3.05, 3.63) is 27.0 Å². The van der Waals surface area contributed by atoms with Crippen molar-refractivity contribution in [3.8, 4) is 0 Å². The Morgan fingerprint density at radius 3 is 2.94 bits per heavy atom. The number of aromatic nitrogens is 1. The Balaban J connectivity index is 2.73. The summed E-state index contributed by atoms with van der Waals surface area (Å²) in [5.74, 6) is 2.13. The quantitative estimate of drug-likeness (QED) is 0.468. The molecule has 0 spiro atoms. The van der Waals surface area contributed by atoms with Crippen LogP contribution in [0.1, 0.15) is 20.3 Å². The number of pyridine rings is 1. The van der Waals surface area contributed by atoms with E-state index in [0.717, 1.165) is 17.9 Å². The van der Waals surface area contributed by atoms with Crippen LogP contribution in [-0.2, 0) is 0 Å². The largest absolute Gasteiger partial charge is 0.376 e. The molecule has 1 unspecified atom stereocenters. The van der Waals surface area contributed by atoms with Crippen LogP contribution < -0.4 is 5.32 Å². The first-order valence-corrected chi connectivity index (χ1v) is 7.63. The molecule has 100 valence electrons. The Kier molecular flexibility index (Phi) is 6.42. The van der Waals surface area contributed by atoms with Crippen LogP contribution in [-0.4, -0.2) is 27.5 Å². The lowest BCUT2D eigenvalue weighted by Crippen LogP contribution is -2.17. The molecule has 0 aromatic carbocycles. The van der Waals surface area contributed by atoms with Gasteiger partial charge in [-0.3, -0.25) is 15.1 Å². The molecule has 1 aromatic rings. The summed E-state index contributed by atoms with van der Waals surface area (Å²) in [6, 6.07) is 0.182. The number of anilines is 1. The van der Waals surface area contributed by atoms with E-state index in [-0.39, 0.29) is 11.7 Å². The third-order valence-corrected chi connectivity index (χ3v) is 3.90. The highest BCUT2D eigenvalue weighted by Gasteiger charge is 2.18. The molecular formula is C11H16BrN3O2S. The monoisotopic (exact) mass is 333 g/mol. The van der Waals surface area contributed by atoms with Gasteiger partial charge in [0.05, 0.1) is 9.40 Å². The first kappa shape index (κ1) is 15.2. The molecule has 0 bridgehead atoms. The fraction of sp³-hybridized carbons (Fsp3) is 0.545. The van der Waals surface area contributed by atoms with E-state index in [0.29, 0.717) is 10.2 Å². The van der Waals surface area contributed by atoms with Crippen LogP contribution >= 0.6 is 27.7 Å². The van der Waals surface area contributed by atoms with Gasteiger partial charge in [-0.1, -0.05) is 6.92 Å². The number of halogens is 1. The molecule has 0 saturated carbocycles. The lowest BCUT2D eigenvalue weighted by Gasteiger charge is -2.15. The second-order valence-corrected chi connectivity index (χ2v) is 6.05. The van der Waals surface area contributed by atoms with Crippen molar-refractivity contribution in [1.82, 2.24) is 4.98 Å². The van der Waals surface area contributed by atoms with Crippen molar-refractivity contribution < 1.29 is 4.92 Å². The van der Waals surface area contributed by atoms with E-state index in [1.54, 1.807) is 6.20 Å². The predicted octanol–water partition coefficient (Wildman–Crippen LogP) is 3.70. The van der Waals surface area contributed by atoms with Gasteiger partial charge in [-0.15, -0.1) is 0 Å². The van der Waals surface area contributed by atoms with Gasteiger partial charge in [-0.25, -0.2) is 0 Å². The molecule has 0 saturated heterocycles. The van der Waals surface area contributed by atoms with Crippen molar-refractivity contribution in [2.24, 2.45) is 0 Å². The molecule has 1 N–H and O–H groups in total. The van der Waals surface area contributed by atoms with Crippen molar-refractivity contribution >= 4 is 39.1 Å². The van der Waals surface area contributed by atoms with E-state index in [2.05, 4.69) is 33.2 Å². The molecule has 0 aliphatic rings. The van der Waals surface area contributed by atoms with Crippen molar-refractivity contribution in [1.29, 1.82) is 0 Å². The predicted molar refractivity (Wildman–Crippen MR) is 79.3 cm³/mol. The van der Waals surface area contributed by atoms with Gasteiger partial charge in [0.1, 0.15) is 11.9 Å². The zero-order chi connectivity index (χ0) is 13.5. The zero-order valence-electron chi connectivity index (χ0n) is 10.4. The average molecular weight is 334 g/mol. The minimum Gasteiger partial charge on any atom is -0.376 e. The van der Waals surface area contributed by atoms with Gasteiger partial charge in [0.25, 0.3) is 0 Å². The fourth-order valence-corrected chi connectivity index (χ4v) is 2.67. The minimum absolute atomic E-state index is 0.000584. The third-order valence-electron chi connectivity index (χ3n) is 2.37. The normalized spacial score (nSPS) is 12.2. The van der Waals surface area contributed by atoms with Crippen molar-refractivity contribution in [3.63, 3.8) is 0 Å². The van der Waals surface area contributed by atoms with Crippen LogP contribution in [0.5, 0.6) is 0 Å². The smallest absolute Gasteiger partial charge is 0.311 e. The second-order valence-electron chi connectivity index (χ2n) is 3.80. The van der Waals surface area contributed by atoms with Gasteiger partial charge >= 0.3 is 5.69 Å². The van der Waals surface area contributed by atoms with E-state index >= 15 is 0 Å². The SMILES string of the molecule is CCSCCC(C)Nc1c(Br)cncc1[N+](=O)[O-]. The summed E-state index contributed by atoms with van der Waals surface area (Å²) in [6.45, 7) is 4.14. The summed E-state index contributed by atoms with van der Waals surface area (Å²) in [5.41, 5.74) is 0.503. The van der Waals surface area contributed by atoms with Crippen LogP contribution in [0.2, 0.25) is 0 Å². The molecule has 0 aliphatic carbocycles. The summed E-state index contributed by atoms with van der Waals surface area (Å²) >= 11 is 5.15. The van der Waals surface area contributed by atoms with Gasteiger partial charge < -0.3 is 5.32 Å². The van der Waals surface area contributed by atoms with Gasteiger partial charge in [0.15, 0.2) is 0 Å². The van der Waals surface area contributed by atoms with E-state index in [9.17, 15) is 10.1 Å². The number of hydrogen-bond acceptors (Lipinski definition) is 5.